The number of hydrogen-bond donors (Lipinski definition) is 2. The maximum Gasteiger partial charge on any atom is 0.337 e. The number of ether oxygens (including phenoxy) is 1. The molecule has 0 unspecified atom stereocenters. The number of rotatable bonds is 5. The van der Waals surface area contributed by atoms with E-state index in [0.717, 1.165) is 0 Å². The van der Waals surface area contributed by atoms with E-state index in [2.05, 4.69) is 15.4 Å². The minimum Gasteiger partial charge on any atom is -0.465 e. The molecule has 0 aromatic heterocycles. The lowest BCUT2D eigenvalue weighted by molar-refractivity contribution is -0.131. The summed E-state index contributed by atoms with van der Waals surface area (Å²) < 4.78 is 4.66. The van der Waals surface area contributed by atoms with E-state index in [9.17, 15) is 14.4 Å². The van der Waals surface area contributed by atoms with Gasteiger partial charge in [-0.2, -0.15) is 5.26 Å². The van der Waals surface area contributed by atoms with Crippen molar-refractivity contribution < 1.29 is 19.1 Å². The van der Waals surface area contributed by atoms with Gasteiger partial charge in [-0.1, -0.05) is 6.07 Å². The molecule has 1 aliphatic carbocycles. The van der Waals surface area contributed by atoms with Gasteiger partial charge in [-0.15, -0.1) is 0 Å². The van der Waals surface area contributed by atoms with Gasteiger partial charge in [0.25, 0.3) is 0 Å². The summed E-state index contributed by atoms with van der Waals surface area (Å²) in [6.07, 6.45) is 0.884. The SMILES string of the molecule is COC(=O)c1cccc(NC(=O)C2(C(=O)Nc3ccc(C#N)cc3)CC2)c1. The summed E-state index contributed by atoms with van der Waals surface area (Å²) >= 11 is 0. The van der Waals surface area contributed by atoms with E-state index >= 15 is 0 Å². The topological polar surface area (TPSA) is 108 Å². The molecule has 3 rings (SSSR count). The van der Waals surface area contributed by atoms with Gasteiger partial charge in [-0.3, -0.25) is 9.59 Å². The molecule has 136 valence electrons. The Labute approximate surface area is 155 Å². The average molecular weight is 363 g/mol. The molecule has 27 heavy (non-hydrogen) atoms. The number of anilines is 2. The van der Waals surface area contributed by atoms with Crippen LogP contribution in [0.2, 0.25) is 0 Å². The summed E-state index contributed by atoms with van der Waals surface area (Å²) in [6.45, 7) is 0. The van der Waals surface area contributed by atoms with E-state index in [1.165, 1.54) is 13.2 Å². The van der Waals surface area contributed by atoms with Crippen LogP contribution >= 0.6 is 0 Å². The third kappa shape index (κ3) is 3.80. The summed E-state index contributed by atoms with van der Waals surface area (Å²) in [4.78, 5) is 36.8. The van der Waals surface area contributed by atoms with Gasteiger partial charge in [0.05, 0.1) is 24.3 Å². The Bertz CT molecular complexity index is 940. The highest BCUT2D eigenvalue weighted by Crippen LogP contribution is 2.47. The second-order valence-corrected chi connectivity index (χ2v) is 6.25. The van der Waals surface area contributed by atoms with Crippen LogP contribution in [0.1, 0.15) is 28.8 Å². The molecule has 2 aromatic rings. The number of benzene rings is 2. The molecule has 2 aromatic carbocycles. The van der Waals surface area contributed by atoms with E-state index in [1.54, 1.807) is 42.5 Å². The molecule has 0 bridgehead atoms. The van der Waals surface area contributed by atoms with Crippen molar-refractivity contribution in [2.45, 2.75) is 12.8 Å². The Morgan fingerprint density at radius 1 is 1.00 bits per heavy atom. The second kappa shape index (κ2) is 7.30. The van der Waals surface area contributed by atoms with Gasteiger partial charge in [0.15, 0.2) is 0 Å². The molecule has 2 amide bonds. The van der Waals surface area contributed by atoms with E-state index in [-0.39, 0.29) is 0 Å². The molecule has 1 saturated carbocycles. The van der Waals surface area contributed by atoms with E-state index < -0.39 is 23.2 Å². The normalized spacial score (nSPS) is 13.8. The van der Waals surface area contributed by atoms with Gasteiger partial charge in [-0.05, 0) is 55.3 Å². The van der Waals surface area contributed by atoms with Crippen LogP contribution in [0.5, 0.6) is 0 Å². The number of amides is 2. The van der Waals surface area contributed by atoms with Crippen LogP contribution in [0.15, 0.2) is 48.5 Å². The summed E-state index contributed by atoms with van der Waals surface area (Å²) in [7, 11) is 1.28. The first kappa shape index (κ1) is 18.1. The maximum absolute atomic E-state index is 12.6. The van der Waals surface area contributed by atoms with Gasteiger partial charge in [-0.25, -0.2) is 4.79 Å². The molecule has 0 aliphatic heterocycles. The molecule has 7 heteroatoms. The summed E-state index contributed by atoms with van der Waals surface area (Å²) in [5.41, 5.74) is 0.598. The van der Waals surface area contributed by atoms with Crippen LogP contribution in [-0.2, 0) is 14.3 Å². The summed E-state index contributed by atoms with van der Waals surface area (Å²) in [5, 5.41) is 14.2. The van der Waals surface area contributed by atoms with Crippen molar-refractivity contribution in [3.63, 3.8) is 0 Å². The zero-order chi connectivity index (χ0) is 19.4. The highest BCUT2D eigenvalue weighted by Gasteiger charge is 2.56. The zero-order valence-electron chi connectivity index (χ0n) is 14.6. The first-order chi connectivity index (χ1) is 13.0. The fourth-order valence-electron chi connectivity index (χ4n) is 2.65. The molecule has 2 N–H and O–H groups in total. The summed E-state index contributed by atoms with van der Waals surface area (Å²) in [5.74, 6) is -1.32. The quantitative estimate of drug-likeness (QED) is 0.627. The van der Waals surface area contributed by atoms with Crippen LogP contribution in [-0.4, -0.2) is 24.9 Å². The van der Waals surface area contributed by atoms with Crippen LogP contribution < -0.4 is 10.6 Å². The molecule has 7 nitrogen and oxygen atoms in total. The fraction of sp³-hybridized carbons (Fsp3) is 0.200. The standard InChI is InChI=1S/C20H17N3O4/c1-27-17(24)14-3-2-4-16(11-14)23-19(26)20(9-10-20)18(25)22-15-7-5-13(12-21)6-8-15/h2-8,11H,9-10H2,1H3,(H,22,25)(H,23,26). The van der Waals surface area contributed by atoms with Crippen LogP contribution in [0, 0.1) is 16.7 Å². The fourth-order valence-corrected chi connectivity index (χ4v) is 2.65. The van der Waals surface area contributed by atoms with Crippen molar-refractivity contribution in [1.82, 2.24) is 0 Å². The Balaban J connectivity index is 1.69. The zero-order valence-corrected chi connectivity index (χ0v) is 14.6. The maximum atomic E-state index is 12.6. The van der Waals surface area contributed by atoms with E-state index in [1.807, 2.05) is 6.07 Å². The highest BCUT2D eigenvalue weighted by molar-refractivity contribution is 6.17. The van der Waals surface area contributed by atoms with Crippen molar-refractivity contribution in [3.05, 3.63) is 59.7 Å². The third-order valence-corrected chi connectivity index (χ3v) is 4.43. The Morgan fingerprint density at radius 2 is 1.63 bits per heavy atom. The monoisotopic (exact) mass is 363 g/mol. The number of nitrogens with zero attached hydrogens (tertiary/aromatic N) is 1. The predicted molar refractivity (Wildman–Crippen MR) is 97.9 cm³/mol. The predicted octanol–water partition coefficient (Wildman–Crippen LogP) is 2.70. The molecule has 0 saturated heterocycles. The van der Waals surface area contributed by atoms with E-state index in [4.69, 9.17) is 5.26 Å². The largest absolute Gasteiger partial charge is 0.465 e. The number of carbonyl (C=O) groups excluding carboxylic acids is 3. The molecule has 0 spiro atoms. The molecule has 1 aliphatic rings. The molecular formula is C20H17N3O4. The number of methoxy groups -OCH3 is 1. The van der Waals surface area contributed by atoms with Crippen LogP contribution in [0.25, 0.3) is 0 Å². The highest BCUT2D eigenvalue weighted by atomic mass is 16.5. The number of nitrogens with one attached hydrogen (secondary N) is 2. The number of carbonyl (C=O) groups is 3. The van der Waals surface area contributed by atoms with Gasteiger partial charge in [0.2, 0.25) is 11.8 Å². The third-order valence-electron chi connectivity index (χ3n) is 4.43. The van der Waals surface area contributed by atoms with Gasteiger partial charge < -0.3 is 15.4 Å². The summed E-state index contributed by atoms with van der Waals surface area (Å²) in [6, 6.07) is 14.7. The molecular weight excluding hydrogens is 346 g/mol. The lowest BCUT2D eigenvalue weighted by Crippen LogP contribution is -2.35. The molecule has 0 heterocycles. The molecule has 0 radical (unpaired) electrons. The number of nitriles is 1. The lowest BCUT2D eigenvalue weighted by atomic mass is 10.0. The first-order valence-electron chi connectivity index (χ1n) is 8.30. The van der Waals surface area contributed by atoms with Crippen LogP contribution in [0.4, 0.5) is 11.4 Å². The average Bonchev–Trinajstić information content (AvgIpc) is 3.50. The molecule has 1 fully saturated rings. The Morgan fingerprint density at radius 3 is 2.19 bits per heavy atom. The van der Waals surface area contributed by atoms with Gasteiger partial charge in [0.1, 0.15) is 5.41 Å². The van der Waals surface area contributed by atoms with E-state index in [0.29, 0.717) is 35.3 Å². The van der Waals surface area contributed by atoms with Crippen molar-refractivity contribution in [2.75, 3.05) is 17.7 Å². The second-order valence-electron chi connectivity index (χ2n) is 6.25. The lowest BCUT2D eigenvalue weighted by Gasteiger charge is -2.16. The van der Waals surface area contributed by atoms with Crippen molar-refractivity contribution >= 4 is 29.2 Å². The number of hydrogen-bond acceptors (Lipinski definition) is 5. The van der Waals surface area contributed by atoms with Gasteiger partial charge >= 0.3 is 5.97 Å². The molecule has 0 atom stereocenters. The minimum absolute atomic E-state index is 0.308. The smallest absolute Gasteiger partial charge is 0.337 e. The van der Waals surface area contributed by atoms with Crippen molar-refractivity contribution in [3.8, 4) is 6.07 Å². The number of esters is 1. The minimum atomic E-state index is -1.13. The van der Waals surface area contributed by atoms with Gasteiger partial charge in [0, 0.05) is 11.4 Å². The Kier molecular flexibility index (Phi) is 4.90. The Hall–Kier alpha value is -3.66. The van der Waals surface area contributed by atoms with Crippen molar-refractivity contribution in [2.24, 2.45) is 5.41 Å². The van der Waals surface area contributed by atoms with Crippen molar-refractivity contribution in [1.29, 1.82) is 5.26 Å². The first-order valence-corrected chi connectivity index (χ1v) is 8.30. The van der Waals surface area contributed by atoms with Crippen LogP contribution in [0.3, 0.4) is 0 Å².